The highest BCUT2D eigenvalue weighted by atomic mass is 15.5. The number of rotatable bonds is 3. The maximum Gasteiger partial charge on any atom is 0.0665 e. The molecular weight excluding hydrogens is 548 g/mol. The van der Waals surface area contributed by atoms with Crippen LogP contribution in [0.4, 0.5) is 11.4 Å². The van der Waals surface area contributed by atoms with E-state index in [0.717, 1.165) is 23.5 Å². The Bertz CT molecular complexity index is 2440. The Morgan fingerprint density at radius 2 is 1.02 bits per heavy atom. The highest BCUT2D eigenvalue weighted by molar-refractivity contribution is 6.12. The quantitative estimate of drug-likeness (QED) is 0.226. The Hall–Kier alpha value is -6.00. The summed E-state index contributed by atoms with van der Waals surface area (Å²) >= 11 is 0. The summed E-state index contributed by atoms with van der Waals surface area (Å²) in [5.41, 5.74) is 14.2. The van der Waals surface area contributed by atoms with Gasteiger partial charge in [0.2, 0.25) is 0 Å². The highest BCUT2D eigenvalue weighted by Crippen LogP contribution is 2.39. The van der Waals surface area contributed by atoms with E-state index >= 15 is 0 Å². The Morgan fingerprint density at radius 1 is 0.444 bits per heavy atom. The topological polar surface area (TPSA) is 25.1 Å². The zero-order chi connectivity index (χ0) is 29.7. The average Bonchev–Trinajstić information content (AvgIpc) is 3.63. The van der Waals surface area contributed by atoms with Crippen molar-refractivity contribution in [2.24, 2.45) is 0 Å². The summed E-state index contributed by atoms with van der Waals surface area (Å²) in [4.78, 5) is 0. The predicted molar refractivity (Wildman–Crippen MR) is 189 cm³/mol. The maximum atomic E-state index is 3.53. The summed E-state index contributed by atoms with van der Waals surface area (Å²) in [5, 5.41) is 7.13. The molecule has 1 N–H and O–H groups in total. The molecule has 4 nitrogen and oxygen atoms in total. The van der Waals surface area contributed by atoms with Gasteiger partial charge in [0.1, 0.15) is 0 Å². The van der Waals surface area contributed by atoms with Crippen molar-refractivity contribution in [3.63, 3.8) is 0 Å². The molecule has 4 heteroatoms. The van der Waals surface area contributed by atoms with Crippen molar-refractivity contribution >= 4 is 55.0 Å². The Morgan fingerprint density at radius 3 is 1.78 bits per heavy atom. The van der Waals surface area contributed by atoms with Crippen LogP contribution in [-0.2, 0) is 6.42 Å². The van der Waals surface area contributed by atoms with Crippen molar-refractivity contribution in [1.82, 2.24) is 14.6 Å². The SMILES string of the molecule is C1=CCc2ccccc2N(c2ccc3c(c2)c2ccccc2n3-c2ccc3c(c2)c2ccccc2n3-c2ccccc2)NC=C1. The molecule has 3 heterocycles. The van der Waals surface area contributed by atoms with Crippen LogP contribution in [0.5, 0.6) is 0 Å². The summed E-state index contributed by atoms with van der Waals surface area (Å²) in [5.74, 6) is 0. The van der Waals surface area contributed by atoms with Gasteiger partial charge in [0.25, 0.3) is 0 Å². The average molecular weight is 579 g/mol. The molecular formula is C41H30N4. The van der Waals surface area contributed by atoms with Gasteiger partial charge in [-0.2, -0.15) is 0 Å². The summed E-state index contributed by atoms with van der Waals surface area (Å²) in [6, 6.07) is 50.4. The maximum absolute atomic E-state index is 3.53. The van der Waals surface area contributed by atoms with Gasteiger partial charge < -0.3 is 14.6 Å². The molecule has 0 bridgehead atoms. The van der Waals surface area contributed by atoms with Gasteiger partial charge in [0.15, 0.2) is 0 Å². The third-order valence-corrected chi connectivity index (χ3v) is 8.96. The molecule has 0 unspecified atom stereocenters. The van der Waals surface area contributed by atoms with E-state index in [1.165, 1.54) is 54.9 Å². The van der Waals surface area contributed by atoms with Crippen LogP contribution in [0.15, 0.2) is 164 Å². The summed E-state index contributed by atoms with van der Waals surface area (Å²) in [6.07, 6.45) is 9.22. The molecule has 0 spiro atoms. The smallest absolute Gasteiger partial charge is 0.0665 e. The van der Waals surface area contributed by atoms with Crippen LogP contribution in [0.2, 0.25) is 0 Å². The molecule has 0 radical (unpaired) electrons. The molecule has 0 aliphatic carbocycles. The van der Waals surface area contributed by atoms with Gasteiger partial charge in [-0.05, 0) is 84.8 Å². The minimum absolute atomic E-state index is 0.878. The molecule has 9 rings (SSSR count). The fraction of sp³-hybridized carbons (Fsp3) is 0.0244. The van der Waals surface area contributed by atoms with E-state index in [0.29, 0.717) is 0 Å². The van der Waals surface area contributed by atoms with Gasteiger partial charge >= 0.3 is 0 Å². The number of allylic oxidation sites excluding steroid dienone is 3. The number of aromatic nitrogens is 2. The van der Waals surface area contributed by atoms with Gasteiger partial charge in [-0.15, -0.1) is 0 Å². The highest BCUT2D eigenvalue weighted by Gasteiger charge is 2.19. The van der Waals surface area contributed by atoms with E-state index in [2.05, 4.69) is 171 Å². The van der Waals surface area contributed by atoms with Crippen molar-refractivity contribution in [3.05, 3.63) is 170 Å². The van der Waals surface area contributed by atoms with Crippen LogP contribution in [0.1, 0.15) is 5.56 Å². The van der Waals surface area contributed by atoms with Crippen molar-refractivity contribution in [3.8, 4) is 11.4 Å². The number of para-hydroxylation sites is 4. The first-order chi connectivity index (χ1) is 22.3. The molecule has 1 aliphatic rings. The van der Waals surface area contributed by atoms with Crippen LogP contribution in [-0.4, -0.2) is 9.13 Å². The molecule has 8 aromatic rings. The lowest BCUT2D eigenvalue weighted by Crippen LogP contribution is -2.29. The first-order valence-corrected chi connectivity index (χ1v) is 15.4. The van der Waals surface area contributed by atoms with Crippen molar-refractivity contribution in [1.29, 1.82) is 0 Å². The van der Waals surface area contributed by atoms with Crippen LogP contribution in [0.3, 0.4) is 0 Å². The number of hydrazine groups is 1. The summed E-state index contributed by atoms with van der Waals surface area (Å²) in [7, 11) is 0. The number of nitrogens with zero attached hydrogens (tertiary/aromatic N) is 3. The molecule has 0 fully saturated rings. The second kappa shape index (κ2) is 10.3. The third-order valence-electron chi connectivity index (χ3n) is 8.96. The largest absolute Gasteiger partial charge is 0.309 e. The standard InChI is InChI=1S/C41H30N4/c1-4-15-30(16-5-1)43-38-20-10-7-17-33(38)35-27-31(22-24-40(35)43)44-39-21-11-8-18-34(39)36-28-32(23-25-41(36)44)45-37-19-9-6-14-29(37)13-3-2-12-26-42-45/h1-12,14-28,42H,13H2. The van der Waals surface area contributed by atoms with E-state index < -0.39 is 0 Å². The van der Waals surface area contributed by atoms with Crippen molar-refractivity contribution < 1.29 is 0 Å². The molecule has 6 aromatic carbocycles. The lowest BCUT2D eigenvalue weighted by molar-refractivity contribution is 0.882. The minimum atomic E-state index is 0.878. The van der Waals surface area contributed by atoms with E-state index in [9.17, 15) is 0 Å². The molecule has 0 atom stereocenters. The molecule has 45 heavy (non-hydrogen) atoms. The van der Waals surface area contributed by atoms with Gasteiger partial charge in [-0.3, -0.25) is 5.01 Å². The fourth-order valence-electron chi connectivity index (χ4n) is 6.96. The normalized spacial score (nSPS) is 13.2. The summed E-state index contributed by atoms with van der Waals surface area (Å²) < 4.78 is 4.78. The predicted octanol–water partition coefficient (Wildman–Crippen LogP) is 10.1. The van der Waals surface area contributed by atoms with Crippen molar-refractivity contribution in [2.75, 3.05) is 5.01 Å². The Kier molecular flexibility index (Phi) is 5.85. The zero-order valence-corrected chi connectivity index (χ0v) is 24.6. The molecule has 0 amide bonds. The van der Waals surface area contributed by atoms with Crippen molar-refractivity contribution in [2.45, 2.75) is 6.42 Å². The first kappa shape index (κ1) is 25.5. The minimum Gasteiger partial charge on any atom is -0.309 e. The van der Waals surface area contributed by atoms with Gasteiger partial charge in [0.05, 0.1) is 33.4 Å². The number of nitrogens with one attached hydrogen (secondary N) is 1. The van der Waals surface area contributed by atoms with Crippen LogP contribution >= 0.6 is 0 Å². The van der Waals surface area contributed by atoms with E-state index in [4.69, 9.17) is 0 Å². The fourth-order valence-corrected chi connectivity index (χ4v) is 6.96. The number of hydrogen-bond donors (Lipinski definition) is 1. The third kappa shape index (κ3) is 4.07. The number of anilines is 2. The van der Waals surface area contributed by atoms with Gasteiger partial charge in [-0.25, -0.2) is 0 Å². The monoisotopic (exact) mass is 578 g/mol. The lowest BCUT2D eigenvalue weighted by atomic mass is 10.1. The molecule has 1 aliphatic heterocycles. The molecule has 0 saturated carbocycles. The van der Waals surface area contributed by atoms with E-state index in [1.54, 1.807) is 0 Å². The molecule has 214 valence electrons. The molecule has 2 aromatic heterocycles. The number of benzene rings is 6. The molecule has 0 saturated heterocycles. The Labute approximate surface area is 261 Å². The summed E-state index contributed by atoms with van der Waals surface area (Å²) in [6.45, 7) is 0. The van der Waals surface area contributed by atoms with Crippen LogP contribution < -0.4 is 10.4 Å². The number of fused-ring (bicyclic) bond motifs is 7. The second-order valence-corrected chi connectivity index (χ2v) is 11.5. The van der Waals surface area contributed by atoms with Crippen LogP contribution in [0.25, 0.3) is 55.0 Å². The lowest BCUT2D eigenvalue weighted by Gasteiger charge is -2.26. The Balaban J connectivity index is 1.25. The number of hydrogen-bond acceptors (Lipinski definition) is 2. The second-order valence-electron chi connectivity index (χ2n) is 11.5. The first-order valence-electron chi connectivity index (χ1n) is 15.4. The van der Waals surface area contributed by atoms with E-state index in [1.807, 2.05) is 12.3 Å². The zero-order valence-electron chi connectivity index (χ0n) is 24.6. The van der Waals surface area contributed by atoms with E-state index in [-0.39, 0.29) is 0 Å². The van der Waals surface area contributed by atoms with Crippen LogP contribution in [0, 0.1) is 0 Å². The van der Waals surface area contributed by atoms with Gasteiger partial charge in [-0.1, -0.05) is 84.9 Å². The van der Waals surface area contributed by atoms with Gasteiger partial charge in [0, 0.05) is 39.1 Å².